The lowest BCUT2D eigenvalue weighted by atomic mass is 10.1. The van der Waals surface area contributed by atoms with Crippen LogP contribution >= 0.6 is 0 Å². The molecule has 4 nitrogen and oxygen atoms in total. The molecule has 1 aliphatic rings. The minimum Gasteiger partial charge on any atom is -0.379 e. The van der Waals surface area contributed by atoms with E-state index in [2.05, 4.69) is 19.2 Å². The zero-order chi connectivity index (χ0) is 11.3. The van der Waals surface area contributed by atoms with Crippen molar-refractivity contribution in [1.82, 2.24) is 10.2 Å². The van der Waals surface area contributed by atoms with Gasteiger partial charge in [-0.15, -0.1) is 0 Å². The van der Waals surface area contributed by atoms with Crippen molar-refractivity contribution in [2.45, 2.75) is 32.7 Å². The maximum atomic E-state index is 11.7. The van der Waals surface area contributed by atoms with Gasteiger partial charge in [0.1, 0.15) is 0 Å². The molecule has 0 aromatic heterocycles. The third kappa shape index (κ3) is 4.08. The average Bonchev–Trinajstić information content (AvgIpc) is 2.70. The molecule has 2 atom stereocenters. The fraction of sp³-hybridized carbons (Fsp3) is 0.909. The Kier molecular flexibility index (Phi) is 4.88. The van der Waals surface area contributed by atoms with Crippen LogP contribution in [0.2, 0.25) is 0 Å². The van der Waals surface area contributed by atoms with Crippen molar-refractivity contribution >= 4 is 6.03 Å². The van der Waals surface area contributed by atoms with Crippen molar-refractivity contribution in [2.24, 2.45) is 5.92 Å². The van der Waals surface area contributed by atoms with Crippen LogP contribution in [-0.4, -0.2) is 43.8 Å². The quantitative estimate of drug-likeness (QED) is 0.770. The number of carbonyl (C=O) groups excluding carboxylic acids is 1. The van der Waals surface area contributed by atoms with Crippen LogP contribution in [0.1, 0.15) is 26.7 Å². The van der Waals surface area contributed by atoms with Crippen LogP contribution < -0.4 is 5.32 Å². The molecule has 0 aliphatic carbocycles. The molecular weight excluding hydrogens is 192 g/mol. The smallest absolute Gasteiger partial charge is 0.317 e. The maximum absolute atomic E-state index is 11.7. The molecule has 15 heavy (non-hydrogen) atoms. The molecule has 88 valence electrons. The van der Waals surface area contributed by atoms with Crippen LogP contribution in [0.5, 0.6) is 0 Å². The van der Waals surface area contributed by atoms with E-state index >= 15 is 0 Å². The van der Waals surface area contributed by atoms with E-state index in [-0.39, 0.29) is 12.1 Å². The summed E-state index contributed by atoms with van der Waals surface area (Å²) in [6, 6.07) is 0.225. The van der Waals surface area contributed by atoms with Crippen LogP contribution in [0.25, 0.3) is 0 Å². The first-order valence-corrected chi connectivity index (χ1v) is 5.72. The van der Waals surface area contributed by atoms with Crippen molar-refractivity contribution < 1.29 is 9.53 Å². The van der Waals surface area contributed by atoms with Gasteiger partial charge in [0.25, 0.3) is 0 Å². The van der Waals surface area contributed by atoms with E-state index in [1.807, 2.05) is 7.05 Å². The molecule has 4 heteroatoms. The summed E-state index contributed by atoms with van der Waals surface area (Å²) >= 11 is 0. The SMILES string of the molecule is CCC(C)CN(C)C(=O)NC1CCOC1. The van der Waals surface area contributed by atoms with Gasteiger partial charge in [0.05, 0.1) is 12.6 Å². The van der Waals surface area contributed by atoms with Crippen LogP contribution in [-0.2, 0) is 4.74 Å². The van der Waals surface area contributed by atoms with Crippen molar-refractivity contribution in [3.63, 3.8) is 0 Å². The first kappa shape index (κ1) is 12.3. The molecule has 1 N–H and O–H groups in total. The highest BCUT2D eigenvalue weighted by Gasteiger charge is 2.20. The van der Waals surface area contributed by atoms with Crippen LogP contribution in [0.15, 0.2) is 0 Å². The van der Waals surface area contributed by atoms with E-state index in [0.29, 0.717) is 12.5 Å². The Morgan fingerprint density at radius 2 is 2.40 bits per heavy atom. The number of rotatable bonds is 4. The van der Waals surface area contributed by atoms with Gasteiger partial charge in [0.15, 0.2) is 0 Å². The minimum absolute atomic E-state index is 0.0193. The molecule has 0 radical (unpaired) electrons. The minimum atomic E-state index is 0.0193. The highest BCUT2D eigenvalue weighted by molar-refractivity contribution is 5.74. The standard InChI is InChI=1S/C11H22N2O2/c1-4-9(2)7-13(3)11(14)12-10-5-6-15-8-10/h9-10H,4-8H2,1-3H3,(H,12,14). The van der Waals surface area contributed by atoms with Gasteiger partial charge < -0.3 is 15.0 Å². The Morgan fingerprint density at radius 3 is 2.93 bits per heavy atom. The molecule has 1 aliphatic heterocycles. The molecule has 1 heterocycles. The number of urea groups is 1. The van der Waals surface area contributed by atoms with Crippen molar-refractivity contribution in [1.29, 1.82) is 0 Å². The zero-order valence-electron chi connectivity index (χ0n) is 9.95. The molecular formula is C11H22N2O2. The summed E-state index contributed by atoms with van der Waals surface area (Å²) in [4.78, 5) is 13.5. The Hall–Kier alpha value is -0.770. The van der Waals surface area contributed by atoms with Crippen molar-refractivity contribution in [3.8, 4) is 0 Å². The summed E-state index contributed by atoms with van der Waals surface area (Å²) in [5.74, 6) is 0.556. The first-order valence-electron chi connectivity index (χ1n) is 5.72. The summed E-state index contributed by atoms with van der Waals surface area (Å²) in [6.45, 7) is 6.53. The third-order valence-corrected chi connectivity index (χ3v) is 2.89. The van der Waals surface area contributed by atoms with Crippen LogP contribution in [0, 0.1) is 5.92 Å². The van der Waals surface area contributed by atoms with Gasteiger partial charge >= 0.3 is 6.03 Å². The van der Waals surface area contributed by atoms with Crippen molar-refractivity contribution in [3.05, 3.63) is 0 Å². The molecule has 0 bridgehead atoms. The van der Waals surface area contributed by atoms with Crippen molar-refractivity contribution in [2.75, 3.05) is 26.8 Å². The second-order valence-corrected chi connectivity index (χ2v) is 4.40. The topological polar surface area (TPSA) is 41.6 Å². The summed E-state index contributed by atoms with van der Waals surface area (Å²) in [5, 5.41) is 2.97. The Bertz CT molecular complexity index is 203. The number of ether oxygens (including phenoxy) is 1. The lowest BCUT2D eigenvalue weighted by Gasteiger charge is -2.23. The largest absolute Gasteiger partial charge is 0.379 e. The summed E-state index contributed by atoms with van der Waals surface area (Å²) in [7, 11) is 1.84. The fourth-order valence-corrected chi connectivity index (χ4v) is 1.61. The lowest BCUT2D eigenvalue weighted by Crippen LogP contribution is -2.44. The number of nitrogens with one attached hydrogen (secondary N) is 1. The molecule has 0 aromatic carbocycles. The highest BCUT2D eigenvalue weighted by Crippen LogP contribution is 2.06. The normalized spacial score (nSPS) is 22.5. The number of hydrogen-bond acceptors (Lipinski definition) is 2. The number of nitrogens with zero attached hydrogens (tertiary/aromatic N) is 1. The summed E-state index contributed by atoms with van der Waals surface area (Å²) in [6.07, 6.45) is 2.03. The molecule has 1 saturated heterocycles. The van der Waals surface area contributed by atoms with Gasteiger partial charge in [0, 0.05) is 20.2 Å². The van der Waals surface area contributed by atoms with E-state index in [4.69, 9.17) is 4.74 Å². The van der Waals surface area contributed by atoms with Crippen LogP contribution in [0.4, 0.5) is 4.79 Å². The van der Waals surface area contributed by atoms with E-state index < -0.39 is 0 Å². The zero-order valence-corrected chi connectivity index (χ0v) is 9.95. The molecule has 0 aromatic rings. The van der Waals surface area contributed by atoms with Crippen LogP contribution in [0.3, 0.4) is 0 Å². The van der Waals surface area contributed by atoms with Gasteiger partial charge in [-0.1, -0.05) is 20.3 Å². The predicted molar refractivity (Wildman–Crippen MR) is 59.8 cm³/mol. The summed E-state index contributed by atoms with van der Waals surface area (Å²) in [5.41, 5.74) is 0. The van der Waals surface area contributed by atoms with E-state index in [9.17, 15) is 4.79 Å². The number of amides is 2. The third-order valence-electron chi connectivity index (χ3n) is 2.89. The number of carbonyl (C=O) groups is 1. The van der Waals surface area contributed by atoms with E-state index in [1.54, 1.807) is 4.90 Å². The molecule has 0 spiro atoms. The molecule has 2 amide bonds. The lowest BCUT2D eigenvalue weighted by molar-refractivity contribution is 0.179. The predicted octanol–water partition coefficient (Wildman–Crippen LogP) is 1.46. The van der Waals surface area contributed by atoms with E-state index in [0.717, 1.165) is 26.0 Å². The van der Waals surface area contributed by atoms with E-state index in [1.165, 1.54) is 0 Å². The monoisotopic (exact) mass is 214 g/mol. The van der Waals surface area contributed by atoms with Gasteiger partial charge in [-0.2, -0.15) is 0 Å². The number of hydrogen-bond donors (Lipinski definition) is 1. The maximum Gasteiger partial charge on any atom is 0.317 e. The van der Waals surface area contributed by atoms with Gasteiger partial charge in [-0.3, -0.25) is 0 Å². The summed E-state index contributed by atoms with van der Waals surface area (Å²) < 4.78 is 5.21. The molecule has 1 fully saturated rings. The average molecular weight is 214 g/mol. The Labute approximate surface area is 92.0 Å². The molecule has 1 rings (SSSR count). The second-order valence-electron chi connectivity index (χ2n) is 4.40. The molecule has 0 saturated carbocycles. The Morgan fingerprint density at radius 1 is 1.67 bits per heavy atom. The fourth-order valence-electron chi connectivity index (χ4n) is 1.61. The molecule has 2 unspecified atom stereocenters. The first-order chi connectivity index (χ1) is 7.13. The van der Waals surface area contributed by atoms with Gasteiger partial charge in [-0.25, -0.2) is 4.79 Å². The Balaban J connectivity index is 2.25. The second kappa shape index (κ2) is 5.95. The van der Waals surface area contributed by atoms with Gasteiger partial charge in [0.2, 0.25) is 0 Å². The van der Waals surface area contributed by atoms with Gasteiger partial charge in [-0.05, 0) is 12.3 Å². The highest BCUT2D eigenvalue weighted by atomic mass is 16.5.